The first-order chi connectivity index (χ1) is 12.5. The Morgan fingerprint density at radius 2 is 1.92 bits per heavy atom. The number of methoxy groups -OCH3 is 1. The predicted octanol–water partition coefficient (Wildman–Crippen LogP) is 0.912. The van der Waals surface area contributed by atoms with Crippen LogP contribution in [0.4, 0.5) is 0 Å². The third-order valence-electron chi connectivity index (χ3n) is 4.15. The second-order valence-electron chi connectivity index (χ2n) is 6.06. The van der Waals surface area contributed by atoms with Crippen LogP contribution in [0.5, 0.6) is 5.75 Å². The van der Waals surface area contributed by atoms with E-state index in [0.29, 0.717) is 13.0 Å². The Hall–Kier alpha value is -2.38. The molecule has 7 nitrogen and oxygen atoms in total. The molecule has 2 amide bonds. The molecule has 3 atom stereocenters. The van der Waals surface area contributed by atoms with E-state index in [2.05, 4.69) is 10.6 Å². The Kier molecular flexibility index (Phi) is 7.62. The standard InChI is InChI=1S/C19H26N2O5/c1-3-18(23)21-16-9-8-15(26-17(16)12-22)10-19(24)20-11-13-4-6-14(25-2)7-5-13/h4-9,15-17,22H,3,10-12H2,1-2H3,(H,20,24)(H,21,23)/t15-,16-,17+/m1/s1. The summed E-state index contributed by atoms with van der Waals surface area (Å²) >= 11 is 0. The van der Waals surface area contributed by atoms with Gasteiger partial charge in [0, 0.05) is 13.0 Å². The molecule has 1 heterocycles. The van der Waals surface area contributed by atoms with Gasteiger partial charge in [-0.2, -0.15) is 0 Å². The number of amides is 2. The van der Waals surface area contributed by atoms with E-state index >= 15 is 0 Å². The van der Waals surface area contributed by atoms with Crippen LogP contribution in [-0.2, 0) is 20.9 Å². The van der Waals surface area contributed by atoms with Crippen LogP contribution >= 0.6 is 0 Å². The predicted molar refractivity (Wildman–Crippen MR) is 96.6 cm³/mol. The van der Waals surface area contributed by atoms with Gasteiger partial charge in [0.2, 0.25) is 11.8 Å². The molecule has 26 heavy (non-hydrogen) atoms. The summed E-state index contributed by atoms with van der Waals surface area (Å²) in [6, 6.07) is 7.07. The van der Waals surface area contributed by atoms with Gasteiger partial charge in [-0.15, -0.1) is 0 Å². The number of benzene rings is 1. The quantitative estimate of drug-likeness (QED) is 0.598. The van der Waals surface area contributed by atoms with Crippen molar-refractivity contribution < 1.29 is 24.2 Å². The highest BCUT2D eigenvalue weighted by molar-refractivity contribution is 5.77. The van der Waals surface area contributed by atoms with Crippen molar-refractivity contribution in [2.45, 2.75) is 44.6 Å². The van der Waals surface area contributed by atoms with E-state index < -0.39 is 12.2 Å². The Balaban J connectivity index is 1.82. The molecule has 0 saturated heterocycles. The van der Waals surface area contributed by atoms with Gasteiger partial charge in [0.25, 0.3) is 0 Å². The first-order valence-corrected chi connectivity index (χ1v) is 8.69. The summed E-state index contributed by atoms with van der Waals surface area (Å²) in [5.41, 5.74) is 0.967. The lowest BCUT2D eigenvalue weighted by atomic mass is 10.0. The fourth-order valence-corrected chi connectivity index (χ4v) is 2.62. The van der Waals surface area contributed by atoms with Gasteiger partial charge in [-0.3, -0.25) is 9.59 Å². The molecule has 0 radical (unpaired) electrons. The van der Waals surface area contributed by atoms with Crippen molar-refractivity contribution in [3.8, 4) is 5.75 Å². The lowest BCUT2D eigenvalue weighted by Crippen LogP contribution is -2.48. The largest absolute Gasteiger partial charge is 0.497 e. The third-order valence-corrected chi connectivity index (χ3v) is 4.15. The summed E-state index contributed by atoms with van der Waals surface area (Å²) in [5, 5.41) is 15.1. The number of hydrogen-bond donors (Lipinski definition) is 3. The van der Waals surface area contributed by atoms with Crippen LogP contribution < -0.4 is 15.4 Å². The Bertz CT molecular complexity index is 629. The van der Waals surface area contributed by atoms with E-state index in [1.54, 1.807) is 26.2 Å². The maximum absolute atomic E-state index is 12.1. The van der Waals surface area contributed by atoms with Gasteiger partial charge in [0.05, 0.1) is 32.3 Å². The molecule has 142 valence electrons. The lowest BCUT2D eigenvalue weighted by molar-refractivity contribution is -0.128. The average Bonchev–Trinajstić information content (AvgIpc) is 2.67. The number of aliphatic hydroxyl groups is 1. The monoisotopic (exact) mass is 362 g/mol. The van der Waals surface area contributed by atoms with Crippen molar-refractivity contribution >= 4 is 11.8 Å². The molecule has 0 unspecified atom stereocenters. The first kappa shape index (κ1) is 19.9. The number of carbonyl (C=O) groups excluding carboxylic acids is 2. The zero-order chi connectivity index (χ0) is 18.9. The Morgan fingerprint density at radius 3 is 2.54 bits per heavy atom. The molecule has 0 aliphatic carbocycles. The number of nitrogens with one attached hydrogen (secondary N) is 2. The fourth-order valence-electron chi connectivity index (χ4n) is 2.62. The second-order valence-corrected chi connectivity index (χ2v) is 6.06. The maximum atomic E-state index is 12.1. The summed E-state index contributed by atoms with van der Waals surface area (Å²) in [6.45, 7) is 1.94. The van der Waals surface area contributed by atoms with E-state index in [1.165, 1.54) is 0 Å². The van der Waals surface area contributed by atoms with E-state index in [9.17, 15) is 14.7 Å². The summed E-state index contributed by atoms with van der Waals surface area (Å²) in [4.78, 5) is 23.6. The van der Waals surface area contributed by atoms with Gasteiger partial charge >= 0.3 is 0 Å². The molecule has 2 rings (SSSR count). The molecule has 0 aromatic heterocycles. The minimum absolute atomic E-state index is 0.114. The van der Waals surface area contributed by atoms with E-state index in [1.807, 2.05) is 24.3 Å². The topological polar surface area (TPSA) is 96.9 Å². The number of carbonyl (C=O) groups is 2. The van der Waals surface area contributed by atoms with Crippen LogP contribution in [-0.4, -0.2) is 48.9 Å². The fraction of sp³-hybridized carbons (Fsp3) is 0.474. The van der Waals surface area contributed by atoms with Crippen LogP contribution in [0.1, 0.15) is 25.3 Å². The molecule has 0 spiro atoms. The maximum Gasteiger partial charge on any atom is 0.223 e. The Labute approximate surface area is 153 Å². The van der Waals surface area contributed by atoms with E-state index in [-0.39, 0.29) is 30.9 Å². The van der Waals surface area contributed by atoms with E-state index in [0.717, 1.165) is 11.3 Å². The van der Waals surface area contributed by atoms with Crippen molar-refractivity contribution in [2.75, 3.05) is 13.7 Å². The van der Waals surface area contributed by atoms with Gasteiger partial charge < -0.3 is 25.2 Å². The second kappa shape index (κ2) is 9.94. The molecule has 7 heteroatoms. The molecule has 1 aliphatic rings. The minimum atomic E-state index is -0.560. The summed E-state index contributed by atoms with van der Waals surface area (Å²) in [5.74, 6) is 0.501. The Morgan fingerprint density at radius 1 is 1.19 bits per heavy atom. The van der Waals surface area contributed by atoms with Crippen molar-refractivity contribution in [3.63, 3.8) is 0 Å². The van der Waals surface area contributed by atoms with Gasteiger partial charge in [0.1, 0.15) is 11.9 Å². The van der Waals surface area contributed by atoms with Crippen molar-refractivity contribution in [3.05, 3.63) is 42.0 Å². The molecule has 0 saturated carbocycles. The normalized spacial score (nSPS) is 21.9. The van der Waals surface area contributed by atoms with Gasteiger partial charge in [-0.05, 0) is 17.7 Å². The molecular weight excluding hydrogens is 336 g/mol. The number of rotatable bonds is 8. The number of hydrogen-bond acceptors (Lipinski definition) is 5. The summed E-state index contributed by atoms with van der Waals surface area (Å²) in [7, 11) is 1.60. The first-order valence-electron chi connectivity index (χ1n) is 8.69. The highest BCUT2D eigenvalue weighted by atomic mass is 16.5. The third kappa shape index (κ3) is 5.86. The van der Waals surface area contributed by atoms with Crippen LogP contribution in [0, 0.1) is 0 Å². The molecule has 1 aromatic carbocycles. The van der Waals surface area contributed by atoms with Gasteiger partial charge in [0.15, 0.2) is 0 Å². The molecule has 3 N–H and O–H groups in total. The zero-order valence-corrected chi connectivity index (χ0v) is 15.1. The molecular formula is C19H26N2O5. The average molecular weight is 362 g/mol. The highest BCUT2D eigenvalue weighted by Gasteiger charge is 2.28. The summed E-state index contributed by atoms with van der Waals surface area (Å²) in [6.07, 6.45) is 3.05. The highest BCUT2D eigenvalue weighted by Crippen LogP contribution is 2.16. The molecule has 0 fully saturated rings. The number of ether oxygens (including phenoxy) is 2. The van der Waals surface area contributed by atoms with Crippen molar-refractivity contribution in [1.29, 1.82) is 0 Å². The SMILES string of the molecule is CCC(=O)N[C@@H]1C=C[C@H](CC(=O)NCc2ccc(OC)cc2)O[C@H]1CO. The molecule has 1 aromatic rings. The zero-order valence-electron chi connectivity index (χ0n) is 15.1. The molecule has 1 aliphatic heterocycles. The summed E-state index contributed by atoms with van der Waals surface area (Å²) < 4.78 is 10.8. The smallest absolute Gasteiger partial charge is 0.223 e. The van der Waals surface area contributed by atoms with Gasteiger partial charge in [-0.25, -0.2) is 0 Å². The van der Waals surface area contributed by atoms with Crippen LogP contribution in [0.25, 0.3) is 0 Å². The molecule has 0 bridgehead atoms. The van der Waals surface area contributed by atoms with Gasteiger partial charge in [-0.1, -0.05) is 31.2 Å². The van der Waals surface area contributed by atoms with Crippen LogP contribution in [0.15, 0.2) is 36.4 Å². The van der Waals surface area contributed by atoms with Crippen LogP contribution in [0.3, 0.4) is 0 Å². The number of aliphatic hydroxyl groups excluding tert-OH is 1. The lowest BCUT2D eigenvalue weighted by Gasteiger charge is -2.31. The van der Waals surface area contributed by atoms with Crippen LogP contribution in [0.2, 0.25) is 0 Å². The van der Waals surface area contributed by atoms with E-state index in [4.69, 9.17) is 9.47 Å². The van der Waals surface area contributed by atoms with Crippen molar-refractivity contribution in [1.82, 2.24) is 10.6 Å². The minimum Gasteiger partial charge on any atom is -0.497 e. The van der Waals surface area contributed by atoms with Crippen molar-refractivity contribution in [2.24, 2.45) is 0 Å².